The van der Waals surface area contributed by atoms with Crippen LogP contribution in [0.2, 0.25) is 0 Å². The van der Waals surface area contributed by atoms with Gasteiger partial charge in [0.2, 0.25) is 0 Å². The van der Waals surface area contributed by atoms with Gasteiger partial charge in [0.25, 0.3) is 0 Å². The molecule has 0 aliphatic carbocycles. The Kier molecular flexibility index (Phi) is 5.44. The third kappa shape index (κ3) is 3.09. The molecule has 1 atom stereocenters. The number of benzene rings is 1. The zero-order chi connectivity index (χ0) is 16.1. The van der Waals surface area contributed by atoms with Crippen LogP contribution in [0, 0.1) is 0 Å². The molecule has 5 nitrogen and oxygen atoms in total. The van der Waals surface area contributed by atoms with E-state index in [1.54, 1.807) is 6.92 Å². The van der Waals surface area contributed by atoms with Gasteiger partial charge >= 0.3 is 12.0 Å². The van der Waals surface area contributed by atoms with Crippen LogP contribution >= 0.6 is 11.6 Å². The van der Waals surface area contributed by atoms with Gasteiger partial charge in [0.1, 0.15) is 0 Å². The first-order valence-electron chi connectivity index (χ1n) is 7.23. The second-order valence-corrected chi connectivity index (χ2v) is 5.02. The van der Waals surface area contributed by atoms with Crippen LogP contribution in [0.25, 0.3) is 0 Å². The third-order valence-electron chi connectivity index (χ3n) is 3.51. The van der Waals surface area contributed by atoms with Gasteiger partial charge in [-0.25, -0.2) is 9.59 Å². The number of esters is 1. The lowest BCUT2D eigenvalue weighted by Crippen LogP contribution is -2.48. The largest absolute Gasteiger partial charge is 0.463 e. The SMILES string of the molecule is CCOC(=O)C1=C(CCl)N(CC)C(=O)NC1c1ccccc1. The molecule has 22 heavy (non-hydrogen) atoms. The zero-order valence-corrected chi connectivity index (χ0v) is 13.4. The number of hydrogen-bond donors (Lipinski definition) is 1. The Hall–Kier alpha value is -2.01. The van der Waals surface area contributed by atoms with E-state index >= 15 is 0 Å². The molecule has 6 heteroatoms. The summed E-state index contributed by atoms with van der Waals surface area (Å²) in [5.41, 5.74) is 1.71. The molecule has 2 amide bonds. The molecule has 1 aliphatic rings. The average molecular weight is 323 g/mol. The highest BCUT2D eigenvalue weighted by molar-refractivity contribution is 6.20. The summed E-state index contributed by atoms with van der Waals surface area (Å²) in [4.78, 5) is 26.1. The average Bonchev–Trinajstić information content (AvgIpc) is 2.54. The Morgan fingerprint density at radius 3 is 2.55 bits per heavy atom. The predicted octanol–water partition coefficient (Wildman–Crippen LogP) is 2.83. The molecular formula is C16H19ClN2O3. The lowest BCUT2D eigenvalue weighted by molar-refractivity contribution is -0.139. The molecule has 0 saturated carbocycles. The minimum Gasteiger partial charge on any atom is -0.463 e. The molecule has 0 radical (unpaired) electrons. The van der Waals surface area contributed by atoms with Crippen molar-refractivity contribution < 1.29 is 14.3 Å². The predicted molar refractivity (Wildman–Crippen MR) is 84.5 cm³/mol. The summed E-state index contributed by atoms with van der Waals surface area (Å²) in [5, 5.41) is 2.86. The Bertz CT molecular complexity index is 586. The number of amides is 2. The minimum atomic E-state index is -0.552. The van der Waals surface area contributed by atoms with E-state index in [0.29, 0.717) is 17.8 Å². The maximum Gasteiger partial charge on any atom is 0.338 e. The highest BCUT2D eigenvalue weighted by atomic mass is 35.5. The number of alkyl halides is 1. The first-order valence-corrected chi connectivity index (χ1v) is 7.76. The topological polar surface area (TPSA) is 58.6 Å². The van der Waals surface area contributed by atoms with Gasteiger partial charge in [0, 0.05) is 6.54 Å². The molecule has 118 valence electrons. The molecule has 0 aromatic heterocycles. The summed E-state index contributed by atoms with van der Waals surface area (Å²) >= 11 is 6.02. The van der Waals surface area contributed by atoms with Gasteiger partial charge in [-0.05, 0) is 19.4 Å². The summed E-state index contributed by atoms with van der Waals surface area (Å²) in [7, 11) is 0. The molecule has 1 heterocycles. The number of nitrogens with one attached hydrogen (secondary N) is 1. The zero-order valence-electron chi connectivity index (χ0n) is 12.6. The van der Waals surface area contributed by atoms with Gasteiger partial charge in [-0.3, -0.25) is 4.90 Å². The molecule has 2 rings (SSSR count). The number of ether oxygens (including phenoxy) is 1. The lowest BCUT2D eigenvalue weighted by atomic mass is 9.95. The molecule has 0 bridgehead atoms. The van der Waals surface area contributed by atoms with Gasteiger partial charge in [0.15, 0.2) is 0 Å². The summed E-state index contributed by atoms with van der Waals surface area (Å²) < 4.78 is 5.16. The summed E-state index contributed by atoms with van der Waals surface area (Å²) in [6.07, 6.45) is 0. The van der Waals surface area contributed by atoms with E-state index in [4.69, 9.17) is 16.3 Å². The van der Waals surface area contributed by atoms with Crippen LogP contribution < -0.4 is 5.32 Å². The molecule has 0 fully saturated rings. The molecule has 1 N–H and O–H groups in total. The summed E-state index contributed by atoms with van der Waals surface area (Å²) in [5.74, 6) is -0.385. The smallest absolute Gasteiger partial charge is 0.338 e. The van der Waals surface area contributed by atoms with Crippen LogP contribution in [0.15, 0.2) is 41.6 Å². The van der Waals surface area contributed by atoms with Crippen molar-refractivity contribution in [1.29, 1.82) is 0 Å². The van der Waals surface area contributed by atoms with E-state index in [0.717, 1.165) is 5.56 Å². The number of halogens is 1. The fourth-order valence-electron chi connectivity index (χ4n) is 2.53. The number of carbonyl (C=O) groups is 2. The van der Waals surface area contributed by atoms with E-state index in [-0.39, 0.29) is 18.5 Å². The van der Waals surface area contributed by atoms with E-state index in [1.807, 2.05) is 37.3 Å². The van der Waals surface area contributed by atoms with Gasteiger partial charge in [-0.2, -0.15) is 0 Å². The molecular weight excluding hydrogens is 304 g/mol. The molecule has 0 saturated heterocycles. The molecule has 1 aromatic carbocycles. The monoisotopic (exact) mass is 322 g/mol. The van der Waals surface area contributed by atoms with Gasteiger partial charge in [0.05, 0.1) is 29.8 Å². The van der Waals surface area contributed by atoms with Crippen molar-refractivity contribution >= 4 is 23.6 Å². The number of carbonyl (C=O) groups excluding carboxylic acids is 2. The van der Waals surface area contributed by atoms with E-state index in [2.05, 4.69) is 5.32 Å². The third-order valence-corrected chi connectivity index (χ3v) is 3.76. The van der Waals surface area contributed by atoms with Crippen LogP contribution in [0.3, 0.4) is 0 Å². The van der Waals surface area contributed by atoms with Crippen molar-refractivity contribution in [2.24, 2.45) is 0 Å². The van der Waals surface area contributed by atoms with Crippen LogP contribution in [-0.4, -0.2) is 35.9 Å². The van der Waals surface area contributed by atoms with Crippen LogP contribution in [-0.2, 0) is 9.53 Å². The summed E-state index contributed by atoms with van der Waals surface area (Å²) in [6, 6.07) is 8.50. The second-order valence-electron chi connectivity index (χ2n) is 4.75. The van der Waals surface area contributed by atoms with Gasteiger partial charge in [-0.1, -0.05) is 30.3 Å². The minimum absolute atomic E-state index is 0.0682. The van der Waals surface area contributed by atoms with Crippen LogP contribution in [0.1, 0.15) is 25.5 Å². The Morgan fingerprint density at radius 2 is 2.00 bits per heavy atom. The lowest BCUT2D eigenvalue weighted by Gasteiger charge is -2.35. The van der Waals surface area contributed by atoms with Crippen molar-refractivity contribution in [3.63, 3.8) is 0 Å². The Balaban J connectivity index is 2.55. The number of hydrogen-bond acceptors (Lipinski definition) is 3. The fraction of sp³-hybridized carbons (Fsp3) is 0.375. The van der Waals surface area contributed by atoms with E-state index in [9.17, 15) is 9.59 Å². The maximum atomic E-state index is 12.4. The normalized spacial score (nSPS) is 18.2. The Labute approximate surface area is 134 Å². The quantitative estimate of drug-likeness (QED) is 0.670. The van der Waals surface area contributed by atoms with Crippen molar-refractivity contribution in [3.8, 4) is 0 Å². The van der Waals surface area contributed by atoms with Crippen LogP contribution in [0.4, 0.5) is 4.79 Å². The number of urea groups is 1. The number of nitrogens with zero attached hydrogens (tertiary/aromatic N) is 1. The van der Waals surface area contributed by atoms with Gasteiger partial charge < -0.3 is 10.1 Å². The standard InChI is InChI=1S/C16H19ClN2O3/c1-3-19-12(10-17)13(15(20)22-4-2)14(18-16(19)21)11-8-6-5-7-9-11/h5-9,14H,3-4,10H2,1-2H3,(H,18,21). The van der Waals surface area contributed by atoms with E-state index in [1.165, 1.54) is 4.90 Å². The Morgan fingerprint density at radius 1 is 1.32 bits per heavy atom. The molecule has 0 spiro atoms. The van der Waals surface area contributed by atoms with E-state index < -0.39 is 12.0 Å². The highest BCUT2D eigenvalue weighted by Crippen LogP contribution is 2.31. The first kappa shape index (κ1) is 16.4. The van der Waals surface area contributed by atoms with Crippen molar-refractivity contribution in [3.05, 3.63) is 47.2 Å². The molecule has 1 unspecified atom stereocenters. The van der Waals surface area contributed by atoms with Crippen molar-refractivity contribution in [1.82, 2.24) is 10.2 Å². The maximum absolute atomic E-state index is 12.4. The van der Waals surface area contributed by atoms with Crippen LogP contribution in [0.5, 0.6) is 0 Å². The summed E-state index contributed by atoms with van der Waals surface area (Å²) in [6.45, 7) is 4.27. The van der Waals surface area contributed by atoms with Crippen molar-refractivity contribution in [2.75, 3.05) is 19.0 Å². The number of allylic oxidation sites excluding steroid dienone is 1. The molecule has 1 aliphatic heterocycles. The highest BCUT2D eigenvalue weighted by Gasteiger charge is 2.37. The fourth-order valence-corrected chi connectivity index (χ4v) is 2.81. The first-order chi connectivity index (χ1) is 10.6. The molecule has 1 aromatic rings. The van der Waals surface area contributed by atoms with Crippen molar-refractivity contribution in [2.45, 2.75) is 19.9 Å². The second kappa shape index (κ2) is 7.31. The number of rotatable bonds is 5. The van der Waals surface area contributed by atoms with Gasteiger partial charge in [-0.15, -0.1) is 11.6 Å².